The van der Waals surface area contributed by atoms with Crippen LogP contribution in [0.4, 0.5) is 0 Å². The zero-order chi connectivity index (χ0) is 20.8. The highest BCUT2D eigenvalue weighted by molar-refractivity contribution is 5.77. The fraction of sp³-hybridized carbons (Fsp3) is 0.458. The fourth-order valence-electron chi connectivity index (χ4n) is 4.35. The van der Waals surface area contributed by atoms with Crippen molar-refractivity contribution in [2.45, 2.75) is 32.4 Å². The van der Waals surface area contributed by atoms with Gasteiger partial charge in [-0.1, -0.05) is 24.3 Å². The number of carbonyl (C=O) groups excluding carboxylic acids is 1. The second-order valence-corrected chi connectivity index (χ2v) is 7.95. The maximum absolute atomic E-state index is 13.1. The maximum atomic E-state index is 13.1. The van der Waals surface area contributed by atoms with E-state index in [0.29, 0.717) is 31.5 Å². The molecule has 1 N–H and O–H groups in total. The Morgan fingerprint density at radius 3 is 2.73 bits per heavy atom. The lowest BCUT2D eigenvalue weighted by molar-refractivity contribution is -0.909. The summed E-state index contributed by atoms with van der Waals surface area (Å²) >= 11 is 0. The van der Waals surface area contributed by atoms with Crippen molar-refractivity contribution in [1.29, 1.82) is 0 Å². The predicted octanol–water partition coefficient (Wildman–Crippen LogP) is 1.93. The zero-order valence-corrected chi connectivity index (χ0v) is 17.6. The molecule has 0 saturated carbocycles. The zero-order valence-electron chi connectivity index (χ0n) is 17.6. The highest BCUT2D eigenvalue weighted by atomic mass is 16.6. The first-order valence-corrected chi connectivity index (χ1v) is 10.9. The molecule has 2 aromatic rings. The monoisotopic (exact) mass is 411 g/mol. The van der Waals surface area contributed by atoms with Crippen LogP contribution in [-0.2, 0) is 11.3 Å². The van der Waals surface area contributed by atoms with E-state index in [1.165, 1.54) is 13.0 Å². The Morgan fingerprint density at radius 1 is 1.13 bits per heavy atom. The van der Waals surface area contributed by atoms with E-state index in [9.17, 15) is 4.79 Å². The number of nitrogens with one attached hydrogen (secondary N) is 1. The van der Waals surface area contributed by atoms with Crippen LogP contribution in [0, 0.1) is 0 Å². The number of rotatable bonds is 8. The lowest BCUT2D eigenvalue weighted by Gasteiger charge is -2.29. The van der Waals surface area contributed by atoms with Crippen LogP contribution in [0.2, 0.25) is 0 Å². The van der Waals surface area contributed by atoms with Crippen LogP contribution in [0.1, 0.15) is 25.3 Å². The Kier molecular flexibility index (Phi) is 6.74. The molecule has 1 amide bonds. The normalized spacial score (nSPS) is 20.0. The molecule has 0 spiro atoms. The average molecular weight is 412 g/mol. The summed E-state index contributed by atoms with van der Waals surface area (Å²) in [6.07, 6.45) is 2.38. The highest BCUT2D eigenvalue weighted by Crippen LogP contribution is 2.31. The Bertz CT molecular complexity index is 842. The van der Waals surface area contributed by atoms with Crippen molar-refractivity contribution in [2.75, 3.05) is 39.5 Å². The van der Waals surface area contributed by atoms with Crippen molar-refractivity contribution >= 4 is 5.91 Å². The molecule has 2 aliphatic heterocycles. The Labute approximate surface area is 178 Å². The first kappa shape index (κ1) is 20.5. The summed E-state index contributed by atoms with van der Waals surface area (Å²) in [6.45, 7) is 6.97. The van der Waals surface area contributed by atoms with Crippen molar-refractivity contribution in [3.8, 4) is 17.2 Å². The first-order valence-electron chi connectivity index (χ1n) is 10.9. The van der Waals surface area contributed by atoms with Gasteiger partial charge in [0.05, 0.1) is 19.6 Å². The van der Waals surface area contributed by atoms with Gasteiger partial charge in [-0.2, -0.15) is 0 Å². The molecule has 4 rings (SSSR count). The number of likely N-dealkylation sites (tertiary alicyclic amines) is 1. The molecule has 6 heteroatoms. The Hall–Kier alpha value is -2.73. The minimum absolute atomic E-state index is 0.0103. The SMILES string of the molecule is CC[NH+]1CCC[C@@H]1CN(Cc1ccc2c(c1)OCCO2)C(=O)COc1ccccc1. The molecule has 1 fully saturated rings. The van der Waals surface area contributed by atoms with Crippen molar-refractivity contribution < 1.29 is 23.9 Å². The van der Waals surface area contributed by atoms with Gasteiger partial charge in [0.2, 0.25) is 0 Å². The van der Waals surface area contributed by atoms with Crippen LogP contribution in [-0.4, -0.2) is 56.3 Å². The molecule has 0 aliphatic carbocycles. The van der Waals surface area contributed by atoms with Gasteiger partial charge in [0, 0.05) is 19.4 Å². The van der Waals surface area contributed by atoms with E-state index in [1.54, 1.807) is 4.90 Å². The molecular formula is C24H31N2O4+. The number of likely N-dealkylation sites (N-methyl/N-ethyl adjacent to an activating group) is 1. The number of carbonyl (C=O) groups is 1. The largest absolute Gasteiger partial charge is 0.486 e. The van der Waals surface area contributed by atoms with E-state index in [-0.39, 0.29) is 12.5 Å². The van der Waals surface area contributed by atoms with Gasteiger partial charge in [-0.05, 0) is 36.8 Å². The highest BCUT2D eigenvalue weighted by Gasteiger charge is 2.31. The molecule has 2 aliphatic rings. The number of benzene rings is 2. The molecule has 2 atom stereocenters. The minimum Gasteiger partial charge on any atom is -0.486 e. The molecular weight excluding hydrogens is 380 g/mol. The van der Waals surface area contributed by atoms with Crippen LogP contribution in [0.5, 0.6) is 17.2 Å². The van der Waals surface area contributed by atoms with Gasteiger partial charge in [0.15, 0.2) is 18.1 Å². The van der Waals surface area contributed by atoms with E-state index in [1.807, 2.05) is 53.4 Å². The van der Waals surface area contributed by atoms with Crippen LogP contribution >= 0.6 is 0 Å². The third-order valence-corrected chi connectivity index (χ3v) is 5.96. The molecule has 1 saturated heterocycles. The van der Waals surface area contributed by atoms with E-state index in [4.69, 9.17) is 14.2 Å². The summed E-state index contributed by atoms with van der Waals surface area (Å²) in [5.41, 5.74) is 1.04. The third kappa shape index (κ3) is 5.05. The summed E-state index contributed by atoms with van der Waals surface area (Å²) in [5, 5.41) is 0. The predicted molar refractivity (Wildman–Crippen MR) is 114 cm³/mol. The van der Waals surface area contributed by atoms with Crippen molar-refractivity contribution in [1.82, 2.24) is 4.90 Å². The molecule has 30 heavy (non-hydrogen) atoms. The molecule has 160 valence electrons. The number of nitrogens with zero attached hydrogens (tertiary/aromatic N) is 1. The molecule has 1 unspecified atom stereocenters. The number of hydrogen-bond acceptors (Lipinski definition) is 4. The van der Waals surface area contributed by atoms with E-state index < -0.39 is 0 Å². The fourth-order valence-corrected chi connectivity index (χ4v) is 4.35. The lowest BCUT2D eigenvalue weighted by atomic mass is 10.1. The van der Waals surface area contributed by atoms with Crippen LogP contribution in [0.25, 0.3) is 0 Å². The molecule has 6 nitrogen and oxygen atoms in total. The summed E-state index contributed by atoms with van der Waals surface area (Å²) < 4.78 is 17.1. The van der Waals surface area contributed by atoms with Gasteiger partial charge in [-0.25, -0.2) is 0 Å². The molecule has 0 aromatic heterocycles. The topological polar surface area (TPSA) is 52.4 Å². The summed E-state index contributed by atoms with van der Waals surface area (Å²) in [6, 6.07) is 15.9. The maximum Gasteiger partial charge on any atom is 0.261 e. The number of quaternary nitrogens is 1. The number of hydrogen-bond donors (Lipinski definition) is 1. The average Bonchev–Trinajstić information content (AvgIpc) is 3.25. The van der Waals surface area contributed by atoms with Gasteiger partial charge in [-0.15, -0.1) is 0 Å². The van der Waals surface area contributed by atoms with Gasteiger partial charge in [-0.3, -0.25) is 4.79 Å². The summed E-state index contributed by atoms with van der Waals surface area (Å²) in [7, 11) is 0. The van der Waals surface area contributed by atoms with Crippen molar-refractivity contribution in [3.63, 3.8) is 0 Å². The number of ether oxygens (including phenoxy) is 3. The Morgan fingerprint density at radius 2 is 1.93 bits per heavy atom. The molecule has 2 heterocycles. The quantitative estimate of drug-likeness (QED) is 0.721. The summed E-state index contributed by atoms with van der Waals surface area (Å²) in [4.78, 5) is 16.7. The van der Waals surface area contributed by atoms with Gasteiger partial charge < -0.3 is 24.0 Å². The van der Waals surface area contributed by atoms with Crippen LogP contribution < -0.4 is 19.1 Å². The van der Waals surface area contributed by atoms with Gasteiger partial charge in [0.1, 0.15) is 25.0 Å². The van der Waals surface area contributed by atoms with Crippen LogP contribution in [0.3, 0.4) is 0 Å². The van der Waals surface area contributed by atoms with Crippen molar-refractivity contribution in [3.05, 3.63) is 54.1 Å². The number of fused-ring (bicyclic) bond motifs is 1. The first-order chi connectivity index (χ1) is 14.7. The summed E-state index contributed by atoms with van der Waals surface area (Å²) in [5.74, 6) is 2.25. The molecule has 0 bridgehead atoms. The van der Waals surface area contributed by atoms with Crippen molar-refractivity contribution in [2.24, 2.45) is 0 Å². The number of para-hydroxylation sites is 1. The second kappa shape index (κ2) is 9.85. The standard InChI is InChI=1S/C24H30N2O4/c1-2-25-12-6-7-20(25)17-26(24(27)18-30-21-8-4-3-5-9-21)16-19-10-11-22-23(15-19)29-14-13-28-22/h3-5,8-11,15,20H,2,6-7,12-14,16-18H2,1H3/p+1/t20-/m1/s1. The van der Waals surface area contributed by atoms with Gasteiger partial charge >= 0.3 is 0 Å². The van der Waals surface area contributed by atoms with E-state index in [0.717, 1.165) is 36.6 Å². The smallest absolute Gasteiger partial charge is 0.261 e. The molecule has 0 radical (unpaired) electrons. The van der Waals surface area contributed by atoms with E-state index >= 15 is 0 Å². The third-order valence-electron chi connectivity index (χ3n) is 5.96. The minimum atomic E-state index is 0.0103. The van der Waals surface area contributed by atoms with Gasteiger partial charge in [0.25, 0.3) is 5.91 Å². The lowest BCUT2D eigenvalue weighted by Crippen LogP contribution is -3.14. The van der Waals surface area contributed by atoms with Crippen LogP contribution in [0.15, 0.2) is 48.5 Å². The Balaban J connectivity index is 1.46. The van der Waals surface area contributed by atoms with E-state index in [2.05, 4.69) is 6.92 Å². The second-order valence-electron chi connectivity index (χ2n) is 7.95. The molecule has 2 aromatic carbocycles. The number of amides is 1.